The van der Waals surface area contributed by atoms with Crippen LogP contribution in [-0.2, 0) is 9.53 Å². The molecule has 0 bridgehead atoms. The highest BCUT2D eigenvalue weighted by molar-refractivity contribution is 5.78. The third-order valence-corrected chi connectivity index (χ3v) is 3.64. The molecule has 2 aliphatic rings. The molecule has 0 aliphatic carbocycles. The first-order valence-electron chi connectivity index (χ1n) is 6.54. The van der Waals surface area contributed by atoms with Crippen molar-refractivity contribution in [3.8, 4) is 0 Å². The lowest BCUT2D eigenvalue weighted by molar-refractivity contribution is -0.136. The molecule has 2 rings (SSSR count). The minimum Gasteiger partial charge on any atom is -0.378 e. The predicted octanol–water partition coefficient (Wildman–Crippen LogP) is -0.471. The first kappa shape index (κ1) is 12.8. The molecule has 0 spiro atoms. The molecule has 0 aromatic heterocycles. The zero-order valence-corrected chi connectivity index (χ0v) is 10.7. The first-order chi connectivity index (χ1) is 8.29. The summed E-state index contributed by atoms with van der Waals surface area (Å²) in [5.74, 6) is 0.255. The van der Waals surface area contributed by atoms with Crippen LogP contribution in [0.2, 0.25) is 0 Å². The van der Waals surface area contributed by atoms with Crippen LogP contribution in [-0.4, -0.2) is 74.7 Å². The van der Waals surface area contributed by atoms with Gasteiger partial charge in [-0.3, -0.25) is 9.69 Å². The normalized spacial score (nSPS) is 27.1. The summed E-state index contributed by atoms with van der Waals surface area (Å²) < 4.78 is 5.26. The molecule has 2 aliphatic heterocycles. The minimum atomic E-state index is 0.255. The van der Waals surface area contributed by atoms with Crippen LogP contribution in [0.25, 0.3) is 0 Å². The van der Waals surface area contributed by atoms with Crippen LogP contribution < -0.4 is 5.32 Å². The molecule has 2 fully saturated rings. The number of piperidine rings is 1. The SMILES string of the molecule is CNC1CCCN(CC(=O)N2CCOCC2)C1. The second kappa shape index (κ2) is 6.33. The van der Waals surface area contributed by atoms with Gasteiger partial charge in [0, 0.05) is 25.7 Å². The lowest BCUT2D eigenvalue weighted by Gasteiger charge is -2.34. The summed E-state index contributed by atoms with van der Waals surface area (Å²) in [4.78, 5) is 16.3. The van der Waals surface area contributed by atoms with E-state index in [1.165, 1.54) is 12.8 Å². The highest BCUT2D eigenvalue weighted by Gasteiger charge is 2.23. The topological polar surface area (TPSA) is 44.8 Å². The molecule has 2 heterocycles. The van der Waals surface area contributed by atoms with Gasteiger partial charge < -0.3 is 15.0 Å². The Bertz CT molecular complexity index is 254. The minimum absolute atomic E-state index is 0.255. The van der Waals surface area contributed by atoms with Crippen LogP contribution in [0.5, 0.6) is 0 Å². The third kappa shape index (κ3) is 3.66. The van der Waals surface area contributed by atoms with E-state index in [9.17, 15) is 4.79 Å². The standard InChI is InChI=1S/C12H23N3O2/c1-13-11-3-2-4-14(9-11)10-12(16)15-5-7-17-8-6-15/h11,13H,2-10H2,1H3. The van der Waals surface area contributed by atoms with Crippen molar-refractivity contribution in [1.82, 2.24) is 15.1 Å². The number of nitrogens with zero attached hydrogens (tertiary/aromatic N) is 2. The van der Waals surface area contributed by atoms with Crippen LogP contribution >= 0.6 is 0 Å². The molecule has 1 atom stereocenters. The van der Waals surface area contributed by atoms with Gasteiger partial charge in [0.1, 0.15) is 0 Å². The quantitative estimate of drug-likeness (QED) is 0.725. The van der Waals surface area contributed by atoms with Crippen LogP contribution in [0.15, 0.2) is 0 Å². The highest BCUT2D eigenvalue weighted by atomic mass is 16.5. The maximum atomic E-state index is 12.1. The molecule has 98 valence electrons. The first-order valence-corrected chi connectivity index (χ1v) is 6.54. The van der Waals surface area contributed by atoms with Gasteiger partial charge in [-0.2, -0.15) is 0 Å². The Kier molecular flexibility index (Phi) is 4.76. The number of amides is 1. The van der Waals surface area contributed by atoms with Crippen LogP contribution in [0.4, 0.5) is 0 Å². The van der Waals surface area contributed by atoms with E-state index in [1.807, 2.05) is 11.9 Å². The number of nitrogens with one attached hydrogen (secondary N) is 1. The molecule has 1 unspecified atom stereocenters. The van der Waals surface area contributed by atoms with Gasteiger partial charge in [-0.15, -0.1) is 0 Å². The largest absolute Gasteiger partial charge is 0.378 e. The Morgan fingerprint density at radius 3 is 2.82 bits per heavy atom. The zero-order chi connectivity index (χ0) is 12.1. The summed E-state index contributed by atoms with van der Waals surface area (Å²) in [6, 6.07) is 0.543. The molecule has 17 heavy (non-hydrogen) atoms. The van der Waals surface area contributed by atoms with Gasteiger partial charge in [0.25, 0.3) is 0 Å². The summed E-state index contributed by atoms with van der Waals surface area (Å²) in [7, 11) is 2.00. The van der Waals surface area contributed by atoms with Crippen molar-refractivity contribution in [3.05, 3.63) is 0 Å². The molecular weight excluding hydrogens is 218 g/mol. The van der Waals surface area contributed by atoms with E-state index in [1.54, 1.807) is 0 Å². The molecule has 5 heteroatoms. The Hall–Kier alpha value is -0.650. The number of ether oxygens (including phenoxy) is 1. The number of morpholine rings is 1. The van der Waals surface area contributed by atoms with Crippen molar-refractivity contribution >= 4 is 5.91 Å². The van der Waals surface area contributed by atoms with Crippen molar-refractivity contribution in [2.45, 2.75) is 18.9 Å². The molecule has 0 aromatic rings. The lowest BCUT2D eigenvalue weighted by Crippen LogP contribution is -2.50. The van der Waals surface area contributed by atoms with Crippen LogP contribution in [0.3, 0.4) is 0 Å². The van der Waals surface area contributed by atoms with Crippen molar-refractivity contribution in [3.63, 3.8) is 0 Å². The smallest absolute Gasteiger partial charge is 0.236 e. The molecule has 1 N–H and O–H groups in total. The fourth-order valence-electron chi connectivity index (χ4n) is 2.54. The number of hydrogen-bond donors (Lipinski definition) is 1. The number of likely N-dealkylation sites (N-methyl/N-ethyl adjacent to an activating group) is 1. The Balaban J connectivity index is 1.77. The highest BCUT2D eigenvalue weighted by Crippen LogP contribution is 2.10. The maximum absolute atomic E-state index is 12.1. The molecule has 0 aromatic carbocycles. The third-order valence-electron chi connectivity index (χ3n) is 3.64. The van der Waals surface area contributed by atoms with E-state index in [2.05, 4.69) is 10.2 Å². The van der Waals surface area contributed by atoms with Gasteiger partial charge in [-0.05, 0) is 26.4 Å². The van der Waals surface area contributed by atoms with Gasteiger partial charge in [0.15, 0.2) is 0 Å². The summed E-state index contributed by atoms with van der Waals surface area (Å²) in [5.41, 5.74) is 0. The molecular formula is C12H23N3O2. The van der Waals surface area contributed by atoms with Gasteiger partial charge in [0.2, 0.25) is 5.91 Å². The number of likely N-dealkylation sites (tertiary alicyclic amines) is 1. The van der Waals surface area contributed by atoms with E-state index in [0.717, 1.165) is 26.2 Å². The Labute approximate surface area is 103 Å². The van der Waals surface area contributed by atoms with E-state index in [-0.39, 0.29) is 5.91 Å². The van der Waals surface area contributed by atoms with Gasteiger partial charge >= 0.3 is 0 Å². The van der Waals surface area contributed by atoms with Crippen molar-refractivity contribution < 1.29 is 9.53 Å². The number of carbonyl (C=O) groups excluding carboxylic acids is 1. The van der Waals surface area contributed by atoms with Crippen LogP contribution in [0, 0.1) is 0 Å². The fourth-order valence-corrected chi connectivity index (χ4v) is 2.54. The van der Waals surface area contributed by atoms with Crippen molar-refractivity contribution in [1.29, 1.82) is 0 Å². The van der Waals surface area contributed by atoms with Gasteiger partial charge in [0.05, 0.1) is 19.8 Å². The summed E-state index contributed by atoms with van der Waals surface area (Å²) in [6.07, 6.45) is 2.40. The van der Waals surface area contributed by atoms with E-state index < -0.39 is 0 Å². The predicted molar refractivity (Wildman–Crippen MR) is 65.9 cm³/mol. The van der Waals surface area contributed by atoms with Gasteiger partial charge in [-0.25, -0.2) is 0 Å². The number of carbonyl (C=O) groups is 1. The maximum Gasteiger partial charge on any atom is 0.236 e. The zero-order valence-electron chi connectivity index (χ0n) is 10.7. The number of rotatable bonds is 3. The Morgan fingerprint density at radius 2 is 2.12 bits per heavy atom. The molecule has 1 amide bonds. The average molecular weight is 241 g/mol. The lowest BCUT2D eigenvalue weighted by atomic mass is 10.1. The average Bonchev–Trinajstić information content (AvgIpc) is 2.40. The van der Waals surface area contributed by atoms with E-state index in [4.69, 9.17) is 4.74 Å². The number of hydrogen-bond acceptors (Lipinski definition) is 4. The molecule has 0 radical (unpaired) electrons. The Morgan fingerprint density at radius 1 is 1.35 bits per heavy atom. The second-order valence-corrected chi connectivity index (χ2v) is 4.86. The summed E-state index contributed by atoms with van der Waals surface area (Å²) >= 11 is 0. The summed E-state index contributed by atoms with van der Waals surface area (Å²) in [6.45, 7) is 5.49. The second-order valence-electron chi connectivity index (χ2n) is 4.86. The molecule has 0 saturated carbocycles. The summed E-state index contributed by atoms with van der Waals surface area (Å²) in [5, 5.41) is 3.30. The van der Waals surface area contributed by atoms with Crippen molar-refractivity contribution in [2.24, 2.45) is 0 Å². The van der Waals surface area contributed by atoms with Crippen molar-refractivity contribution in [2.75, 3.05) is 53.0 Å². The fraction of sp³-hybridized carbons (Fsp3) is 0.917. The van der Waals surface area contributed by atoms with E-state index in [0.29, 0.717) is 25.8 Å². The monoisotopic (exact) mass is 241 g/mol. The van der Waals surface area contributed by atoms with E-state index >= 15 is 0 Å². The molecule has 5 nitrogen and oxygen atoms in total. The molecule has 2 saturated heterocycles. The van der Waals surface area contributed by atoms with Gasteiger partial charge in [-0.1, -0.05) is 0 Å². The van der Waals surface area contributed by atoms with Crippen LogP contribution in [0.1, 0.15) is 12.8 Å².